The van der Waals surface area contributed by atoms with Gasteiger partial charge in [-0.15, -0.1) is 0 Å². The minimum Gasteiger partial charge on any atom is -0.478 e. The van der Waals surface area contributed by atoms with Gasteiger partial charge in [0, 0.05) is 13.6 Å². The van der Waals surface area contributed by atoms with Crippen LogP contribution in [-0.4, -0.2) is 58.6 Å². The molecule has 3 aromatic rings. The van der Waals surface area contributed by atoms with Gasteiger partial charge in [-0.25, -0.2) is 23.0 Å². The number of benzene rings is 1. The summed E-state index contributed by atoms with van der Waals surface area (Å²) in [6.45, 7) is 6.93. The number of nitrogens with zero attached hydrogens (tertiary/aromatic N) is 4. The van der Waals surface area contributed by atoms with E-state index in [1.54, 1.807) is 31.0 Å². The molecule has 0 saturated heterocycles. The van der Waals surface area contributed by atoms with Crippen molar-refractivity contribution < 1.29 is 41.4 Å². The molecule has 0 bridgehead atoms. The summed E-state index contributed by atoms with van der Waals surface area (Å²) < 4.78 is 61.4. The molecular formula is C24H28F3N5O6S. The van der Waals surface area contributed by atoms with Crippen LogP contribution in [0, 0.1) is 13.8 Å². The molecule has 0 aliphatic carbocycles. The van der Waals surface area contributed by atoms with E-state index in [0.717, 1.165) is 29.9 Å². The van der Waals surface area contributed by atoms with Gasteiger partial charge in [0.25, 0.3) is 10.0 Å². The number of sulfonamides is 1. The van der Waals surface area contributed by atoms with Crippen molar-refractivity contribution in [2.75, 3.05) is 16.7 Å². The Morgan fingerprint density at radius 3 is 2.31 bits per heavy atom. The second-order valence-electron chi connectivity index (χ2n) is 8.48. The van der Waals surface area contributed by atoms with Crippen molar-refractivity contribution in [2.45, 2.75) is 51.4 Å². The van der Waals surface area contributed by atoms with E-state index in [9.17, 15) is 31.5 Å². The Balaban J connectivity index is 0.000000673. The molecule has 11 nitrogen and oxygen atoms in total. The van der Waals surface area contributed by atoms with Crippen LogP contribution in [0.2, 0.25) is 0 Å². The second-order valence-corrected chi connectivity index (χ2v) is 10.2. The molecule has 0 unspecified atom stereocenters. The van der Waals surface area contributed by atoms with Crippen molar-refractivity contribution in [1.29, 1.82) is 0 Å². The fraction of sp³-hybridized carbons (Fsp3) is 0.333. The lowest BCUT2D eigenvalue weighted by Crippen LogP contribution is -2.23. The number of alkyl halides is 3. The van der Waals surface area contributed by atoms with Crippen molar-refractivity contribution in [3.63, 3.8) is 0 Å². The lowest BCUT2D eigenvalue weighted by molar-refractivity contribution is -0.192. The topological polar surface area (TPSA) is 155 Å². The highest BCUT2D eigenvalue weighted by atomic mass is 32.2. The Morgan fingerprint density at radius 2 is 1.77 bits per heavy atom. The first-order chi connectivity index (χ1) is 18.0. The van der Waals surface area contributed by atoms with E-state index in [1.165, 1.54) is 24.4 Å². The molecule has 212 valence electrons. The van der Waals surface area contributed by atoms with E-state index in [0.29, 0.717) is 6.54 Å². The fourth-order valence-electron chi connectivity index (χ4n) is 3.42. The number of aromatic nitrogens is 3. The number of nitrogens with one attached hydrogen (secondary N) is 1. The van der Waals surface area contributed by atoms with Crippen LogP contribution in [0.15, 0.2) is 47.5 Å². The third-order valence-corrected chi connectivity index (χ3v) is 6.45. The molecule has 0 atom stereocenters. The van der Waals surface area contributed by atoms with Crippen molar-refractivity contribution in [3.8, 4) is 0 Å². The number of aliphatic carboxylic acids is 1. The number of halogens is 3. The summed E-state index contributed by atoms with van der Waals surface area (Å²) in [7, 11) is -2.14. The third-order valence-electron chi connectivity index (χ3n) is 5.07. The molecule has 0 aliphatic rings. The van der Waals surface area contributed by atoms with E-state index >= 15 is 0 Å². The van der Waals surface area contributed by atoms with Gasteiger partial charge in [0.15, 0.2) is 0 Å². The SMILES string of the molecule is CCCn1nc(C)cc1CN(C)c1ncc(NS(=O)(=O)c2cccc(C)c2)cc1C(=O)O.O=C(O)C(F)(F)F. The Kier molecular flexibility index (Phi) is 10.0. The fourth-order valence-corrected chi connectivity index (χ4v) is 4.56. The number of carbonyl (C=O) groups is 2. The molecule has 0 saturated carbocycles. The molecule has 0 spiro atoms. The lowest BCUT2D eigenvalue weighted by Gasteiger charge is -2.21. The van der Waals surface area contributed by atoms with Crippen LogP contribution in [0.25, 0.3) is 0 Å². The predicted molar refractivity (Wildman–Crippen MR) is 136 cm³/mol. The van der Waals surface area contributed by atoms with E-state index in [-0.39, 0.29) is 22.0 Å². The van der Waals surface area contributed by atoms with Gasteiger partial charge < -0.3 is 15.1 Å². The molecule has 39 heavy (non-hydrogen) atoms. The standard InChI is InChI=1S/C22H27N5O4S.C2HF3O2/c1-5-9-27-18(11-16(3)24-27)14-26(4)21-20(22(28)29)12-17(13-23-21)25-32(30,31)19-8-6-7-15(2)10-19;3-2(4,5)1(6)7/h6-8,10-13,25H,5,9,14H2,1-4H3,(H,28,29);(H,6,7). The number of carboxylic acids is 2. The number of anilines is 2. The first-order valence-electron chi connectivity index (χ1n) is 11.4. The highest BCUT2D eigenvalue weighted by molar-refractivity contribution is 7.92. The molecule has 0 amide bonds. The first-order valence-corrected chi connectivity index (χ1v) is 12.9. The van der Waals surface area contributed by atoms with Crippen molar-refractivity contribution in [3.05, 3.63) is 65.1 Å². The zero-order valence-corrected chi connectivity index (χ0v) is 22.3. The molecule has 0 aliphatic heterocycles. The van der Waals surface area contributed by atoms with Gasteiger partial charge in [0.05, 0.1) is 34.7 Å². The smallest absolute Gasteiger partial charge is 0.478 e. The summed E-state index contributed by atoms with van der Waals surface area (Å²) in [5.74, 6) is -3.72. The summed E-state index contributed by atoms with van der Waals surface area (Å²) >= 11 is 0. The highest BCUT2D eigenvalue weighted by Crippen LogP contribution is 2.24. The minimum absolute atomic E-state index is 0.0768. The molecule has 1 aromatic carbocycles. The molecule has 3 N–H and O–H groups in total. The first kappa shape index (κ1) is 31.1. The third kappa shape index (κ3) is 8.70. The Labute approximate surface area is 223 Å². The molecule has 0 radical (unpaired) electrons. The number of hydrogen-bond donors (Lipinski definition) is 3. The highest BCUT2D eigenvalue weighted by Gasteiger charge is 2.38. The van der Waals surface area contributed by atoms with E-state index in [1.807, 2.05) is 17.7 Å². The maximum absolute atomic E-state index is 12.7. The van der Waals surface area contributed by atoms with Crippen LogP contribution in [0.4, 0.5) is 24.7 Å². The summed E-state index contributed by atoms with van der Waals surface area (Å²) in [6.07, 6.45) is -2.84. The quantitative estimate of drug-likeness (QED) is 0.345. The molecule has 2 heterocycles. The monoisotopic (exact) mass is 571 g/mol. The number of hydrogen-bond acceptors (Lipinski definition) is 7. The largest absolute Gasteiger partial charge is 0.490 e. The van der Waals surface area contributed by atoms with Crippen molar-refractivity contribution in [1.82, 2.24) is 14.8 Å². The number of aromatic carboxylic acids is 1. The van der Waals surface area contributed by atoms with E-state index in [4.69, 9.17) is 9.90 Å². The van der Waals surface area contributed by atoms with Gasteiger partial charge in [0.1, 0.15) is 11.4 Å². The van der Waals surface area contributed by atoms with Crippen LogP contribution in [0.3, 0.4) is 0 Å². The molecule has 2 aromatic heterocycles. The Morgan fingerprint density at radius 1 is 1.13 bits per heavy atom. The zero-order chi connectivity index (χ0) is 29.5. The Hall–Kier alpha value is -4.14. The summed E-state index contributed by atoms with van der Waals surface area (Å²) in [6, 6.07) is 9.69. The van der Waals surface area contributed by atoms with Crippen molar-refractivity contribution >= 4 is 33.5 Å². The average Bonchev–Trinajstić information content (AvgIpc) is 3.17. The molecule has 15 heteroatoms. The maximum Gasteiger partial charge on any atom is 0.490 e. The van der Waals surface area contributed by atoms with Gasteiger partial charge in [-0.2, -0.15) is 18.3 Å². The minimum atomic E-state index is -5.08. The second kappa shape index (κ2) is 12.6. The molecule has 3 rings (SSSR count). The van der Waals surface area contributed by atoms with Gasteiger partial charge in [-0.05, 0) is 50.1 Å². The molecular weight excluding hydrogens is 543 g/mol. The van der Waals surface area contributed by atoms with Gasteiger partial charge in [0.2, 0.25) is 0 Å². The van der Waals surface area contributed by atoms with Crippen LogP contribution in [-0.2, 0) is 27.9 Å². The summed E-state index contributed by atoms with van der Waals surface area (Å²) in [5.41, 5.74) is 2.60. The van der Waals surface area contributed by atoms with Crippen LogP contribution in [0.5, 0.6) is 0 Å². The van der Waals surface area contributed by atoms with Crippen LogP contribution < -0.4 is 9.62 Å². The van der Waals surface area contributed by atoms with Crippen molar-refractivity contribution in [2.24, 2.45) is 0 Å². The maximum atomic E-state index is 12.7. The summed E-state index contributed by atoms with van der Waals surface area (Å²) in [4.78, 5) is 26.9. The molecule has 0 fully saturated rings. The number of aryl methyl sites for hydroxylation is 3. The normalized spacial score (nSPS) is 11.4. The number of pyridine rings is 1. The summed E-state index contributed by atoms with van der Waals surface area (Å²) in [5, 5.41) is 21.3. The lowest BCUT2D eigenvalue weighted by atomic mass is 10.2. The predicted octanol–water partition coefficient (Wildman–Crippen LogP) is 4.07. The van der Waals surface area contributed by atoms with E-state index < -0.39 is 28.1 Å². The van der Waals surface area contributed by atoms with Gasteiger partial charge in [-0.1, -0.05) is 19.1 Å². The van der Waals surface area contributed by atoms with Crippen LogP contribution >= 0.6 is 0 Å². The number of carboxylic acid groups (broad SMARTS) is 2. The van der Waals surface area contributed by atoms with Crippen LogP contribution in [0.1, 0.15) is 40.7 Å². The Bertz CT molecular complexity index is 1440. The number of rotatable bonds is 9. The van der Waals surface area contributed by atoms with E-state index in [2.05, 4.69) is 21.7 Å². The average molecular weight is 572 g/mol. The van der Waals surface area contributed by atoms with Gasteiger partial charge >= 0.3 is 18.1 Å². The zero-order valence-electron chi connectivity index (χ0n) is 21.5. The van der Waals surface area contributed by atoms with Gasteiger partial charge in [-0.3, -0.25) is 9.40 Å².